The van der Waals surface area contributed by atoms with Crippen molar-refractivity contribution in [1.82, 2.24) is 10.2 Å². The third-order valence-corrected chi connectivity index (χ3v) is 3.27. The second-order valence-corrected chi connectivity index (χ2v) is 4.63. The molecule has 2 rings (SSSR count). The molecule has 19 heavy (non-hydrogen) atoms. The number of hydrogen-bond donors (Lipinski definition) is 2. The lowest BCUT2D eigenvalue weighted by molar-refractivity contribution is -0.122. The van der Waals surface area contributed by atoms with E-state index < -0.39 is 6.04 Å². The largest absolute Gasteiger partial charge is 0.379 e. The van der Waals surface area contributed by atoms with E-state index in [0.717, 1.165) is 38.4 Å². The van der Waals surface area contributed by atoms with E-state index in [1.165, 1.54) is 0 Å². The van der Waals surface area contributed by atoms with Gasteiger partial charge in [0.15, 0.2) is 0 Å². The smallest absolute Gasteiger partial charge is 0.241 e. The van der Waals surface area contributed by atoms with Crippen LogP contribution in [0.2, 0.25) is 0 Å². The fourth-order valence-corrected chi connectivity index (χ4v) is 2.08. The van der Waals surface area contributed by atoms with Gasteiger partial charge in [0.2, 0.25) is 5.91 Å². The average Bonchev–Trinajstić information content (AvgIpc) is 2.48. The predicted octanol–water partition coefficient (Wildman–Crippen LogP) is 0.135. The monoisotopic (exact) mass is 263 g/mol. The zero-order valence-corrected chi connectivity index (χ0v) is 11.0. The van der Waals surface area contributed by atoms with Crippen molar-refractivity contribution in [2.24, 2.45) is 5.73 Å². The van der Waals surface area contributed by atoms with Gasteiger partial charge in [-0.3, -0.25) is 9.69 Å². The summed E-state index contributed by atoms with van der Waals surface area (Å²) < 4.78 is 5.27. The first-order chi connectivity index (χ1) is 9.27. The quantitative estimate of drug-likeness (QED) is 0.792. The maximum absolute atomic E-state index is 11.9. The van der Waals surface area contributed by atoms with Crippen LogP contribution in [0.3, 0.4) is 0 Å². The molecule has 0 saturated carbocycles. The molecule has 1 saturated heterocycles. The number of morpholine rings is 1. The summed E-state index contributed by atoms with van der Waals surface area (Å²) in [7, 11) is 0. The molecule has 0 spiro atoms. The van der Waals surface area contributed by atoms with Crippen molar-refractivity contribution in [3.63, 3.8) is 0 Å². The van der Waals surface area contributed by atoms with E-state index in [-0.39, 0.29) is 5.91 Å². The molecule has 1 unspecified atom stereocenters. The number of carbonyl (C=O) groups is 1. The van der Waals surface area contributed by atoms with E-state index in [2.05, 4.69) is 10.2 Å². The lowest BCUT2D eigenvalue weighted by atomic mass is 10.1. The van der Waals surface area contributed by atoms with Crippen LogP contribution in [0, 0.1) is 0 Å². The standard InChI is InChI=1S/C14H21N3O2/c15-13(12-4-2-1-3-5-12)14(18)16-6-7-17-8-10-19-11-9-17/h1-5,13H,6-11,15H2,(H,16,18). The number of benzene rings is 1. The molecule has 0 aliphatic carbocycles. The normalized spacial score (nSPS) is 17.9. The van der Waals surface area contributed by atoms with Crippen molar-refractivity contribution < 1.29 is 9.53 Å². The van der Waals surface area contributed by atoms with Gasteiger partial charge in [0, 0.05) is 26.2 Å². The predicted molar refractivity (Wildman–Crippen MR) is 73.6 cm³/mol. The second-order valence-electron chi connectivity index (χ2n) is 4.63. The van der Waals surface area contributed by atoms with Crippen molar-refractivity contribution >= 4 is 5.91 Å². The Labute approximate surface area is 113 Å². The van der Waals surface area contributed by atoms with E-state index in [9.17, 15) is 4.79 Å². The third kappa shape index (κ3) is 4.31. The lowest BCUT2D eigenvalue weighted by Crippen LogP contribution is -2.43. The summed E-state index contributed by atoms with van der Waals surface area (Å²) in [6, 6.07) is 8.82. The Kier molecular flexibility index (Phi) is 5.32. The van der Waals surface area contributed by atoms with E-state index in [4.69, 9.17) is 10.5 Å². The summed E-state index contributed by atoms with van der Waals surface area (Å²) in [5, 5.41) is 2.88. The van der Waals surface area contributed by atoms with Crippen LogP contribution in [-0.2, 0) is 9.53 Å². The molecule has 1 amide bonds. The zero-order valence-electron chi connectivity index (χ0n) is 11.0. The van der Waals surface area contributed by atoms with Crippen LogP contribution in [0.4, 0.5) is 0 Å². The highest BCUT2D eigenvalue weighted by Gasteiger charge is 2.15. The summed E-state index contributed by atoms with van der Waals surface area (Å²) >= 11 is 0. The van der Waals surface area contributed by atoms with Crippen LogP contribution in [0.15, 0.2) is 30.3 Å². The summed E-state index contributed by atoms with van der Waals surface area (Å²) in [6.45, 7) is 4.88. The van der Waals surface area contributed by atoms with Crippen LogP contribution >= 0.6 is 0 Å². The minimum atomic E-state index is -0.592. The van der Waals surface area contributed by atoms with Gasteiger partial charge in [-0.15, -0.1) is 0 Å². The average molecular weight is 263 g/mol. The minimum Gasteiger partial charge on any atom is -0.379 e. The lowest BCUT2D eigenvalue weighted by Gasteiger charge is -2.26. The summed E-state index contributed by atoms with van der Waals surface area (Å²) in [6.07, 6.45) is 0. The van der Waals surface area contributed by atoms with Crippen LogP contribution in [0.1, 0.15) is 11.6 Å². The first-order valence-electron chi connectivity index (χ1n) is 6.66. The first-order valence-corrected chi connectivity index (χ1v) is 6.66. The zero-order chi connectivity index (χ0) is 13.5. The van der Waals surface area contributed by atoms with E-state index in [1.54, 1.807) is 0 Å². The number of ether oxygens (including phenoxy) is 1. The van der Waals surface area contributed by atoms with Crippen LogP contribution in [-0.4, -0.2) is 50.2 Å². The van der Waals surface area contributed by atoms with Crippen LogP contribution < -0.4 is 11.1 Å². The summed E-state index contributed by atoms with van der Waals surface area (Å²) in [4.78, 5) is 14.2. The molecule has 1 heterocycles. The Balaban J connectivity index is 1.72. The van der Waals surface area contributed by atoms with Gasteiger partial charge in [-0.1, -0.05) is 30.3 Å². The van der Waals surface area contributed by atoms with Crippen molar-refractivity contribution in [2.75, 3.05) is 39.4 Å². The highest BCUT2D eigenvalue weighted by Crippen LogP contribution is 2.08. The number of hydrogen-bond acceptors (Lipinski definition) is 4. The fourth-order valence-electron chi connectivity index (χ4n) is 2.08. The number of nitrogens with one attached hydrogen (secondary N) is 1. The van der Waals surface area contributed by atoms with Gasteiger partial charge in [0.05, 0.1) is 13.2 Å². The first kappa shape index (κ1) is 14.0. The molecule has 5 heteroatoms. The van der Waals surface area contributed by atoms with Crippen molar-refractivity contribution in [3.05, 3.63) is 35.9 Å². The molecule has 5 nitrogen and oxygen atoms in total. The number of rotatable bonds is 5. The topological polar surface area (TPSA) is 67.6 Å². The van der Waals surface area contributed by atoms with E-state index in [1.807, 2.05) is 30.3 Å². The number of nitrogens with zero attached hydrogens (tertiary/aromatic N) is 1. The van der Waals surface area contributed by atoms with E-state index >= 15 is 0 Å². The van der Waals surface area contributed by atoms with Gasteiger partial charge >= 0.3 is 0 Å². The Bertz CT molecular complexity index is 391. The molecule has 3 N–H and O–H groups in total. The maximum Gasteiger partial charge on any atom is 0.241 e. The molecular weight excluding hydrogens is 242 g/mol. The van der Waals surface area contributed by atoms with Gasteiger partial charge < -0.3 is 15.8 Å². The van der Waals surface area contributed by atoms with Gasteiger partial charge in [0.25, 0.3) is 0 Å². The molecule has 1 aliphatic rings. The molecule has 0 aromatic heterocycles. The Morgan fingerprint density at radius 1 is 1.32 bits per heavy atom. The van der Waals surface area contributed by atoms with Crippen LogP contribution in [0.5, 0.6) is 0 Å². The third-order valence-electron chi connectivity index (χ3n) is 3.27. The highest BCUT2D eigenvalue weighted by molar-refractivity contribution is 5.82. The molecular formula is C14H21N3O2. The van der Waals surface area contributed by atoms with Gasteiger partial charge in [0.1, 0.15) is 6.04 Å². The Morgan fingerprint density at radius 3 is 2.68 bits per heavy atom. The highest BCUT2D eigenvalue weighted by atomic mass is 16.5. The van der Waals surface area contributed by atoms with Crippen molar-refractivity contribution in [2.45, 2.75) is 6.04 Å². The molecule has 0 radical (unpaired) electrons. The SMILES string of the molecule is NC(C(=O)NCCN1CCOCC1)c1ccccc1. The molecule has 1 aromatic rings. The number of amides is 1. The van der Waals surface area contributed by atoms with Gasteiger partial charge in [-0.2, -0.15) is 0 Å². The minimum absolute atomic E-state index is 0.126. The fraction of sp³-hybridized carbons (Fsp3) is 0.500. The molecule has 1 aromatic carbocycles. The molecule has 1 atom stereocenters. The molecule has 1 fully saturated rings. The summed E-state index contributed by atoms with van der Waals surface area (Å²) in [5.74, 6) is -0.126. The number of nitrogens with two attached hydrogens (primary N) is 1. The molecule has 0 bridgehead atoms. The molecule has 1 aliphatic heterocycles. The Hall–Kier alpha value is -1.43. The van der Waals surface area contributed by atoms with E-state index in [0.29, 0.717) is 6.54 Å². The van der Waals surface area contributed by atoms with Crippen LogP contribution in [0.25, 0.3) is 0 Å². The summed E-state index contributed by atoms with van der Waals surface area (Å²) in [5.41, 5.74) is 6.75. The van der Waals surface area contributed by atoms with Crippen molar-refractivity contribution in [1.29, 1.82) is 0 Å². The van der Waals surface area contributed by atoms with Gasteiger partial charge in [-0.25, -0.2) is 0 Å². The Morgan fingerprint density at radius 2 is 2.00 bits per heavy atom. The molecule has 104 valence electrons. The van der Waals surface area contributed by atoms with Crippen molar-refractivity contribution in [3.8, 4) is 0 Å². The van der Waals surface area contributed by atoms with Gasteiger partial charge in [-0.05, 0) is 5.56 Å². The number of carbonyl (C=O) groups excluding carboxylic acids is 1. The maximum atomic E-state index is 11.9. The second kappa shape index (κ2) is 7.23.